The Balaban J connectivity index is 1.84. The molecule has 6 nitrogen and oxygen atoms in total. The number of pyridine rings is 1. The van der Waals surface area contributed by atoms with Gasteiger partial charge in [-0.25, -0.2) is 9.37 Å². The molecule has 0 aliphatic heterocycles. The number of halogens is 1. The van der Waals surface area contributed by atoms with E-state index in [1.165, 1.54) is 23.1 Å². The average molecular weight is 353 g/mol. The van der Waals surface area contributed by atoms with Crippen molar-refractivity contribution in [3.05, 3.63) is 66.1 Å². The SMILES string of the molecule is CC(C)N(Cc1ccnc(-c2ccc(F)cc2)c1)C(=O)c1ncn(C)n1. The lowest BCUT2D eigenvalue weighted by Gasteiger charge is -2.25. The second kappa shape index (κ2) is 7.43. The highest BCUT2D eigenvalue weighted by atomic mass is 19.1. The molecule has 0 bridgehead atoms. The minimum atomic E-state index is -0.288. The predicted octanol–water partition coefficient (Wildman–Crippen LogP) is 3.07. The molecule has 0 saturated heterocycles. The van der Waals surface area contributed by atoms with E-state index in [2.05, 4.69) is 15.1 Å². The molecule has 0 fully saturated rings. The normalized spacial score (nSPS) is 11.0. The molecule has 2 heterocycles. The van der Waals surface area contributed by atoms with Crippen molar-refractivity contribution in [2.45, 2.75) is 26.4 Å². The maximum atomic E-state index is 13.1. The van der Waals surface area contributed by atoms with Crippen LogP contribution >= 0.6 is 0 Å². The largest absolute Gasteiger partial charge is 0.329 e. The standard InChI is InChI=1S/C19H20FN5O/c1-13(2)25(19(26)18-22-12-24(3)23-18)11-14-8-9-21-17(10-14)15-4-6-16(20)7-5-15/h4-10,12-13H,11H2,1-3H3. The summed E-state index contributed by atoms with van der Waals surface area (Å²) in [7, 11) is 1.72. The number of nitrogens with zero attached hydrogens (tertiary/aromatic N) is 5. The Morgan fingerprint density at radius 1 is 1.19 bits per heavy atom. The lowest BCUT2D eigenvalue weighted by atomic mass is 10.1. The van der Waals surface area contributed by atoms with Crippen LogP contribution in [0.3, 0.4) is 0 Å². The third-order valence-electron chi connectivity index (χ3n) is 3.99. The fraction of sp³-hybridized carbons (Fsp3) is 0.263. The fourth-order valence-corrected chi connectivity index (χ4v) is 2.60. The molecule has 0 atom stereocenters. The highest BCUT2D eigenvalue weighted by molar-refractivity contribution is 5.90. The zero-order valence-electron chi connectivity index (χ0n) is 14.9. The van der Waals surface area contributed by atoms with Gasteiger partial charge in [0.15, 0.2) is 0 Å². The van der Waals surface area contributed by atoms with Gasteiger partial charge in [0.2, 0.25) is 5.82 Å². The Morgan fingerprint density at radius 3 is 2.54 bits per heavy atom. The van der Waals surface area contributed by atoms with E-state index in [1.807, 2.05) is 26.0 Å². The summed E-state index contributed by atoms with van der Waals surface area (Å²) in [6, 6.07) is 9.92. The van der Waals surface area contributed by atoms with E-state index < -0.39 is 0 Å². The van der Waals surface area contributed by atoms with Gasteiger partial charge in [-0.15, -0.1) is 5.10 Å². The number of carbonyl (C=O) groups excluding carboxylic acids is 1. The van der Waals surface area contributed by atoms with Crippen LogP contribution in [0.4, 0.5) is 4.39 Å². The van der Waals surface area contributed by atoms with Crippen LogP contribution in [0.25, 0.3) is 11.3 Å². The van der Waals surface area contributed by atoms with Gasteiger partial charge >= 0.3 is 0 Å². The summed E-state index contributed by atoms with van der Waals surface area (Å²) in [4.78, 5) is 22.8. The highest BCUT2D eigenvalue weighted by Crippen LogP contribution is 2.20. The molecule has 0 saturated carbocycles. The van der Waals surface area contributed by atoms with Crippen LogP contribution in [0, 0.1) is 5.82 Å². The minimum absolute atomic E-state index is 0.0197. The number of aryl methyl sites for hydroxylation is 1. The molecule has 0 radical (unpaired) electrons. The van der Waals surface area contributed by atoms with Crippen LogP contribution in [0.15, 0.2) is 48.9 Å². The maximum absolute atomic E-state index is 13.1. The van der Waals surface area contributed by atoms with Crippen molar-refractivity contribution in [1.82, 2.24) is 24.6 Å². The molecule has 0 spiro atoms. The molecule has 1 aromatic carbocycles. The minimum Gasteiger partial charge on any atom is -0.329 e. The number of benzene rings is 1. The quantitative estimate of drug-likeness (QED) is 0.707. The molecule has 134 valence electrons. The molecular formula is C19H20FN5O. The lowest BCUT2D eigenvalue weighted by Crippen LogP contribution is -2.37. The molecule has 26 heavy (non-hydrogen) atoms. The monoisotopic (exact) mass is 353 g/mol. The van der Waals surface area contributed by atoms with Crippen molar-refractivity contribution in [3.8, 4) is 11.3 Å². The first-order chi connectivity index (χ1) is 12.4. The molecule has 0 unspecified atom stereocenters. The Bertz CT molecular complexity index is 904. The van der Waals surface area contributed by atoms with E-state index in [1.54, 1.807) is 30.3 Å². The average Bonchev–Trinajstić information content (AvgIpc) is 3.06. The van der Waals surface area contributed by atoms with E-state index in [0.717, 1.165) is 16.8 Å². The molecular weight excluding hydrogens is 333 g/mol. The maximum Gasteiger partial charge on any atom is 0.294 e. The van der Waals surface area contributed by atoms with Crippen LogP contribution in [0.5, 0.6) is 0 Å². The fourth-order valence-electron chi connectivity index (χ4n) is 2.60. The van der Waals surface area contributed by atoms with Gasteiger partial charge < -0.3 is 4.90 Å². The van der Waals surface area contributed by atoms with E-state index in [4.69, 9.17) is 0 Å². The number of hydrogen-bond acceptors (Lipinski definition) is 4. The van der Waals surface area contributed by atoms with Gasteiger partial charge in [-0.1, -0.05) is 0 Å². The van der Waals surface area contributed by atoms with Gasteiger partial charge in [-0.3, -0.25) is 14.5 Å². The van der Waals surface area contributed by atoms with Gasteiger partial charge in [0.25, 0.3) is 5.91 Å². The Hall–Kier alpha value is -3.09. The van der Waals surface area contributed by atoms with Crippen molar-refractivity contribution in [2.75, 3.05) is 0 Å². The molecule has 0 N–H and O–H groups in total. The topological polar surface area (TPSA) is 63.9 Å². The lowest BCUT2D eigenvalue weighted by molar-refractivity contribution is 0.0677. The summed E-state index contributed by atoms with van der Waals surface area (Å²) in [6.07, 6.45) is 3.20. The van der Waals surface area contributed by atoms with Crippen LogP contribution in [0.1, 0.15) is 30.0 Å². The number of hydrogen-bond donors (Lipinski definition) is 0. The summed E-state index contributed by atoms with van der Waals surface area (Å²) in [5, 5.41) is 4.10. The van der Waals surface area contributed by atoms with E-state index in [0.29, 0.717) is 6.54 Å². The van der Waals surface area contributed by atoms with Gasteiger partial charge in [-0.05, 0) is 55.8 Å². The van der Waals surface area contributed by atoms with E-state index >= 15 is 0 Å². The van der Waals surface area contributed by atoms with Gasteiger partial charge in [0.05, 0.1) is 5.69 Å². The first-order valence-corrected chi connectivity index (χ1v) is 8.31. The molecule has 1 amide bonds. The predicted molar refractivity (Wildman–Crippen MR) is 95.6 cm³/mol. The molecule has 2 aromatic heterocycles. The van der Waals surface area contributed by atoms with Crippen molar-refractivity contribution < 1.29 is 9.18 Å². The number of aromatic nitrogens is 4. The Kier molecular flexibility index (Phi) is 5.06. The van der Waals surface area contributed by atoms with Crippen LogP contribution in [-0.4, -0.2) is 36.6 Å². The molecule has 3 aromatic rings. The summed E-state index contributed by atoms with van der Waals surface area (Å²) < 4.78 is 14.6. The number of rotatable bonds is 5. The van der Waals surface area contributed by atoms with Crippen molar-refractivity contribution >= 4 is 5.91 Å². The second-order valence-corrected chi connectivity index (χ2v) is 6.32. The Labute approximate surface area is 151 Å². The number of carbonyl (C=O) groups is 1. The van der Waals surface area contributed by atoms with Gasteiger partial charge in [0, 0.05) is 31.4 Å². The first-order valence-electron chi connectivity index (χ1n) is 8.31. The van der Waals surface area contributed by atoms with Crippen molar-refractivity contribution in [3.63, 3.8) is 0 Å². The van der Waals surface area contributed by atoms with Crippen LogP contribution in [0.2, 0.25) is 0 Å². The third-order valence-corrected chi connectivity index (χ3v) is 3.99. The summed E-state index contributed by atoms with van der Waals surface area (Å²) >= 11 is 0. The van der Waals surface area contributed by atoms with Gasteiger partial charge in [-0.2, -0.15) is 0 Å². The number of amides is 1. The highest BCUT2D eigenvalue weighted by Gasteiger charge is 2.22. The Morgan fingerprint density at radius 2 is 1.92 bits per heavy atom. The molecule has 0 aliphatic rings. The van der Waals surface area contributed by atoms with Crippen molar-refractivity contribution in [1.29, 1.82) is 0 Å². The first kappa shape index (κ1) is 17.7. The summed E-state index contributed by atoms with van der Waals surface area (Å²) in [6.45, 7) is 4.30. The van der Waals surface area contributed by atoms with Crippen LogP contribution < -0.4 is 0 Å². The van der Waals surface area contributed by atoms with E-state index in [-0.39, 0.29) is 23.6 Å². The third kappa shape index (κ3) is 3.93. The van der Waals surface area contributed by atoms with E-state index in [9.17, 15) is 9.18 Å². The zero-order chi connectivity index (χ0) is 18.7. The molecule has 7 heteroatoms. The van der Waals surface area contributed by atoms with Crippen molar-refractivity contribution in [2.24, 2.45) is 7.05 Å². The summed E-state index contributed by atoms with van der Waals surface area (Å²) in [5.41, 5.74) is 2.48. The molecule has 0 aliphatic carbocycles. The smallest absolute Gasteiger partial charge is 0.294 e. The van der Waals surface area contributed by atoms with Gasteiger partial charge in [0.1, 0.15) is 12.1 Å². The van der Waals surface area contributed by atoms with Crippen LogP contribution in [-0.2, 0) is 13.6 Å². The zero-order valence-corrected chi connectivity index (χ0v) is 14.9. The second-order valence-electron chi connectivity index (χ2n) is 6.32. The molecule has 3 rings (SSSR count). The summed E-state index contributed by atoms with van der Waals surface area (Å²) in [5.74, 6) is -0.334.